The van der Waals surface area contributed by atoms with E-state index in [-0.39, 0.29) is 11.9 Å². The van der Waals surface area contributed by atoms with Gasteiger partial charge in [-0.1, -0.05) is 13.3 Å². The second-order valence-corrected chi connectivity index (χ2v) is 6.10. The molecule has 114 valence electrons. The van der Waals surface area contributed by atoms with E-state index in [2.05, 4.69) is 27.5 Å². The molecule has 7 heteroatoms. The van der Waals surface area contributed by atoms with Crippen LogP contribution in [0.5, 0.6) is 0 Å². The third-order valence-electron chi connectivity index (χ3n) is 3.10. The zero-order valence-corrected chi connectivity index (χ0v) is 13.2. The number of thiophene rings is 1. The SMILES string of the molecule is CCCC(Nc1ncnc2sc(C)cc12)C(=O)NCCN. The van der Waals surface area contributed by atoms with Gasteiger partial charge in [-0.05, 0) is 19.4 Å². The Balaban J connectivity index is 2.20. The van der Waals surface area contributed by atoms with Crippen molar-refractivity contribution in [1.29, 1.82) is 0 Å². The van der Waals surface area contributed by atoms with Crippen molar-refractivity contribution in [3.05, 3.63) is 17.3 Å². The van der Waals surface area contributed by atoms with E-state index in [0.717, 1.165) is 23.1 Å². The molecule has 1 atom stereocenters. The Morgan fingerprint density at radius 1 is 1.48 bits per heavy atom. The average molecular weight is 307 g/mol. The molecular formula is C14H21N5OS. The summed E-state index contributed by atoms with van der Waals surface area (Å²) in [4.78, 5) is 22.8. The molecule has 0 aliphatic rings. The van der Waals surface area contributed by atoms with Gasteiger partial charge in [0.25, 0.3) is 0 Å². The van der Waals surface area contributed by atoms with Crippen molar-refractivity contribution in [3.63, 3.8) is 0 Å². The Morgan fingerprint density at radius 2 is 2.29 bits per heavy atom. The van der Waals surface area contributed by atoms with E-state index in [4.69, 9.17) is 5.73 Å². The molecule has 0 fully saturated rings. The maximum Gasteiger partial charge on any atom is 0.242 e. The fourth-order valence-corrected chi connectivity index (χ4v) is 2.98. The Kier molecular flexibility index (Phi) is 5.46. The van der Waals surface area contributed by atoms with Gasteiger partial charge in [-0.3, -0.25) is 4.79 Å². The summed E-state index contributed by atoms with van der Waals surface area (Å²) in [6.07, 6.45) is 3.18. The minimum absolute atomic E-state index is 0.0407. The van der Waals surface area contributed by atoms with Crippen LogP contribution < -0.4 is 16.4 Å². The van der Waals surface area contributed by atoms with Crippen LogP contribution in [0.1, 0.15) is 24.6 Å². The highest BCUT2D eigenvalue weighted by atomic mass is 32.1. The van der Waals surface area contributed by atoms with Crippen LogP contribution in [0.25, 0.3) is 10.2 Å². The van der Waals surface area contributed by atoms with Gasteiger partial charge in [-0.15, -0.1) is 11.3 Å². The molecule has 21 heavy (non-hydrogen) atoms. The Morgan fingerprint density at radius 3 is 3.00 bits per heavy atom. The number of hydrogen-bond donors (Lipinski definition) is 3. The number of fused-ring (bicyclic) bond motifs is 1. The number of carbonyl (C=O) groups excluding carboxylic acids is 1. The number of hydrogen-bond acceptors (Lipinski definition) is 6. The normalized spacial score (nSPS) is 12.3. The molecule has 0 aliphatic carbocycles. The molecule has 0 spiro atoms. The van der Waals surface area contributed by atoms with E-state index in [1.165, 1.54) is 11.2 Å². The molecule has 0 saturated heterocycles. The lowest BCUT2D eigenvalue weighted by Crippen LogP contribution is -2.41. The number of aryl methyl sites for hydroxylation is 1. The summed E-state index contributed by atoms with van der Waals surface area (Å²) < 4.78 is 0. The van der Waals surface area contributed by atoms with Crippen molar-refractivity contribution in [3.8, 4) is 0 Å². The number of amides is 1. The van der Waals surface area contributed by atoms with Crippen LogP contribution >= 0.6 is 11.3 Å². The van der Waals surface area contributed by atoms with E-state index < -0.39 is 0 Å². The highest BCUT2D eigenvalue weighted by molar-refractivity contribution is 7.18. The molecule has 1 unspecified atom stereocenters. The number of nitrogens with one attached hydrogen (secondary N) is 2. The number of nitrogens with two attached hydrogens (primary N) is 1. The van der Waals surface area contributed by atoms with Crippen molar-refractivity contribution < 1.29 is 4.79 Å². The van der Waals surface area contributed by atoms with Crippen LogP contribution in [0.15, 0.2) is 12.4 Å². The Labute approximate surface area is 128 Å². The van der Waals surface area contributed by atoms with E-state index in [1.807, 2.05) is 13.0 Å². The van der Waals surface area contributed by atoms with Crippen LogP contribution in [0, 0.1) is 6.92 Å². The van der Waals surface area contributed by atoms with Crippen LogP contribution in [0.2, 0.25) is 0 Å². The van der Waals surface area contributed by atoms with E-state index >= 15 is 0 Å². The minimum Gasteiger partial charge on any atom is -0.358 e. The molecular weight excluding hydrogens is 286 g/mol. The van der Waals surface area contributed by atoms with Gasteiger partial charge >= 0.3 is 0 Å². The van der Waals surface area contributed by atoms with E-state index in [9.17, 15) is 4.79 Å². The largest absolute Gasteiger partial charge is 0.358 e. The standard InChI is InChI=1S/C14H21N5OS/c1-3-4-11(13(20)16-6-5-15)19-12-10-7-9(2)21-14(10)18-8-17-12/h7-8,11H,3-6,15H2,1-2H3,(H,16,20)(H,17,18,19). The molecule has 0 bridgehead atoms. The van der Waals surface area contributed by atoms with E-state index in [1.54, 1.807) is 11.3 Å². The number of rotatable bonds is 7. The summed E-state index contributed by atoms with van der Waals surface area (Å²) in [7, 11) is 0. The van der Waals surface area contributed by atoms with Gasteiger partial charge in [0.2, 0.25) is 5.91 Å². The molecule has 0 aliphatic heterocycles. The topological polar surface area (TPSA) is 92.9 Å². The minimum atomic E-state index is -0.306. The third-order valence-corrected chi connectivity index (χ3v) is 4.06. The summed E-state index contributed by atoms with van der Waals surface area (Å²) in [6, 6.07) is 1.74. The predicted molar refractivity (Wildman–Crippen MR) is 86.5 cm³/mol. The zero-order chi connectivity index (χ0) is 15.2. The summed E-state index contributed by atoms with van der Waals surface area (Å²) >= 11 is 1.62. The maximum atomic E-state index is 12.2. The molecule has 0 radical (unpaired) electrons. The van der Waals surface area contributed by atoms with Crippen LogP contribution in [-0.4, -0.2) is 35.0 Å². The van der Waals surface area contributed by atoms with Gasteiger partial charge in [0, 0.05) is 18.0 Å². The van der Waals surface area contributed by atoms with Gasteiger partial charge in [-0.2, -0.15) is 0 Å². The average Bonchev–Trinajstić information content (AvgIpc) is 2.85. The predicted octanol–water partition coefficient (Wildman–Crippen LogP) is 1.66. The monoisotopic (exact) mass is 307 g/mol. The number of anilines is 1. The first-order chi connectivity index (χ1) is 10.2. The zero-order valence-electron chi connectivity index (χ0n) is 12.3. The number of nitrogens with zero attached hydrogens (tertiary/aromatic N) is 2. The molecule has 6 nitrogen and oxygen atoms in total. The van der Waals surface area contributed by atoms with Gasteiger partial charge in [0.05, 0.1) is 5.39 Å². The number of aromatic nitrogens is 2. The quantitative estimate of drug-likeness (QED) is 0.723. The lowest BCUT2D eigenvalue weighted by Gasteiger charge is -2.18. The molecule has 2 aromatic heterocycles. The van der Waals surface area contributed by atoms with Gasteiger partial charge < -0.3 is 16.4 Å². The van der Waals surface area contributed by atoms with Crippen molar-refractivity contribution in [2.45, 2.75) is 32.7 Å². The lowest BCUT2D eigenvalue weighted by atomic mass is 10.1. The first-order valence-corrected chi connectivity index (χ1v) is 7.92. The van der Waals surface area contributed by atoms with Gasteiger partial charge in [0.15, 0.2) is 0 Å². The summed E-state index contributed by atoms with van der Waals surface area (Å²) in [5, 5.41) is 7.04. The molecule has 2 aromatic rings. The van der Waals surface area contributed by atoms with Crippen molar-refractivity contribution in [2.24, 2.45) is 5.73 Å². The fourth-order valence-electron chi connectivity index (χ4n) is 2.13. The first-order valence-electron chi connectivity index (χ1n) is 7.11. The fraction of sp³-hybridized carbons (Fsp3) is 0.500. The molecule has 1 amide bonds. The van der Waals surface area contributed by atoms with Crippen LogP contribution in [0.3, 0.4) is 0 Å². The molecule has 0 aromatic carbocycles. The second kappa shape index (κ2) is 7.33. The maximum absolute atomic E-state index is 12.2. The molecule has 2 heterocycles. The van der Waals surface area contributed by atoms with Crippen molar-refractivity contribution >= 4 is 33.3 Å². The van der Waals surface area contributed by atoms with Gasteiger partial charge in [0.1, 0.15) is 23.0 Å². The molecule has 2 rings (SSSR count). The lowest BCUT2D eigenvalue weighted by molar-refractivity contribution is -0.121. The number of carbonyl (C=O) groups is 1. The van der Waals surface area contributed by atoms with E-state index in [0.29, 0.717) is 18.9 Å². The van der Waals surface area contributed by atoms with Gasteiger partial charge in [-0.25, -0.2) is 9.97 Å². The first kappa shape index (κ1) is 15.7. The van der Waals surface area contributed by atoms with Crippen molar-refractivity contribution in [1.82, 2.24) is 15.3 Å². The highest BCUT2D eigenvalue weighted by Crippen LogP contribution is 2.28. The summed E-state index contributed by atoms with van der Waals surface area (Å²) in [5.74, 6) is 0.673. The summed E-state index contributed by atoms with van der Waals surface area (Å²) in [5.41, 5.74) is 5.43. The molecule has 0 saturated carbocycles. The summed E-state index contributed by atoms with van der Waals surface area (Å²) in [6.45, 7) is 5.01. The Bertz CT molecular complexity index is 612. The van der Waals surface area contributed by atoms with Crippen molar-refractivity contribution in [2.75, 3.05) is 18.4 Å². The third kappa shape index (κ3) is 3.89. The second-order valence-electron chi connectivity index (χ2n) is 4.86. The van der Waals surface area contributed by atoms with Crippen LogP contribution in [0.4, 0.5) is 5.82 Å². The van der Waals surface area contributed by atoms with Crippen LogP contribution in [-0.2, 0) is 4.79 Å². The Hall–Kier alpha value is -1.73. The smallest absolute Gasteiger partial charge is 0.242 e. The highest BCUT2D eigenvalue weighted by Gasteiger charge is 2.19. The molecule has 4 N–H and O–H groups in total.